The van der Waals surface area contributed by atoms with Gasteiger partial charge >= 0.3 is 0 Å². The van der Waals surface area contributed by atoms with Crippen LogP contribution in [0.5, 0.6) is 5.88 Å². The second-order valence-electron chi connectivity index (χ2n) is 3.74. The van der Waals surface area contributed by atoms with Gasteiger partial charge in [-0.05, 0) is 19.3 Å². The number of alkyl halides is 2. The minimum Gasteiger partial charge on any atom is -0.473 e. The molecule has 0 saturated heterocycles. The maximum atomic E-state index is 12.1. The number of ether oxygens (including phenoxy) is 1. The maximum Gasteiger partial charge on any atom is 0.257 e. The first-order valence-corrected chi connectivity index (χ1v) is 5.20. The van der Waals surface area contributed by atoms with Crippen molar-refractivity contribution in [2.75, 3.05) is 0 Å². The van der Waals surface area contributed by atoms with Crippen LogP contribution in [0.2, 0.25) is 0 Å². The first kappa shape index (κ1) is 10.4. The van der Waals surface area contributed by atoms with Gasteiger partial charge in [0.25, 0.3) is 6.43 Å². The van der Waals surface area contributed by atoms with Gasteiger partial charge in [-0.15, -0.1) is 5.10 Å². The van der Waals surface area contributed by atoms with Gasteiger partial charge in [0, 0.05) is 11.8 Å². The molecule has 1 heterocycles. The van der Waals surface area contributed by atoms with Crippen LogP contribution in [-0.2, 0) is 13.0 Å². The molecule has 1 aromatic heterocycles. The van der Waals surface area contributed by atoms with Crippen molar-refractivity contribution < 1.29 is 13.5 Å². The van der Waals surface area contributed by atoms with Gasteiger partial charge in [-0.25, -0.2) is 8.78 Å². The molecule has 0 spiro atoms. The van der Waals surface area contributed by atoms with Crippen LogP contribution in [0.15, 0.2) is 6.20 Å². The Hall–Kier alpha value is -1.13. The molecule has 1 aromatic rings. The number of aromatic nitrogens is 2. The molecule has 0 bridgehead atoms. The lowest BCUT2D eigenvalue weighted by Crippen LogP contribution is -2.07. The van der Waals surface area contributed by atoms with Crippen LogP contribution in [-0.4, -0.2) is 22.3 Å². The van der Waals surface area contributed by atoms with Crippen LogP contribution in [0, 0.1) is 0 Å². The molecule has 0 amide bonds. The molecule has 15 heavy (non-hydrogen) atoms. The summed E-state index contributed by atoms with van der Waals surface area (Å²) in [7, 11) is 0. The third-order valence-corrected chi connectivity index (χ3v) is 2.31. The van der Waals surface area contributed by atoms with Crippen LogP contribution in [0.1, 0.15) is 25.3 Å². The summed E-state index contributed by atoms with van der Waals surface area (Å²) in [6.07, 6.45) is 2.37. The molecule has 5 heteroatoms. The highest BCUT2D eigenvalue weighted by atomic mass is 19.3. The molecule has 0 atom stereocenters. The summed E-state index contributed by atoms with van der Waals surface area (Å²) in [5, 5.41) is 4.02. The predicted molar refractivity (Wildman–Crippen MR) is 51.3 cm³/mol. The van der Waals surface area contributed by atoms with Gasteiger partial charge in [0.05, 0.1) is 0 Å². The molecule has 0 N–H and O–H groups in total. The third-order valence-electron chi connectivity index (χ3n) is 2.31. The SMILES string of the molecule is CCc1cn(CC(F)F)nc1OC1CC1. The topological polar surface area (TPSA) is 27.1 Å². The Bertz CT molecular complexity index is 334. The van der Waals surface area contributed by atoms with Crippen LogP contribution in [0.4, 0.5) is 8.78 Å². The molecule has 1 fully saturated rings. The summed E-state index contributed by atoms with van der Waals surface area (Å²) < 4.78 is 31.1. The van der Waals surface area contributed by atoms with Gasteiger partial charge in [0.1, 0.15) is 12.6 Å². The van der Waals surface area contributed by atoms with Gasteiger partial charge < -0.3 is 4.74 Å². The zero-order chi connectivity index (χ0) is 10.8. The highest BCUT2D eigenvalue weighted by molar-refractivity contribution is 5.23. The molecule has 1 aliphatic rings. The van der Waals surface area contributed by atoms with Crippen molar-refractivity contribution in [2.24, 2.45) is 0 Å². The summed E-state index contributed by atoms with van der Waals surface area (Å²) in [5.74, 6) is 0.528. The summed E-state index contributed by atoms with van der Waals surface area (Å²) in [6, 6.07) is 0. The first-order valence-electron chi connectivity index (χ1n) is 5.20. The third kappa shape index (κ3) is 2.67. The quantitative estimate of drug-likeness (QED) is 0.754. The van der Waals surface area contributed by atoms with E-state index in [4.69, 9.17) is 4.74 Å². The molecular formula is C10H14F2N2O. The lowest BCUT2D eigenvalue weighted by molar-refractivity contribution is 0.121. The standard InChI is InChI=1S/C10H14F2N2O/c1-2-7-5-14(6-9(11)12)13-10(7)15-8-3-4-8/h5,8-9H,2-4,6H2,1H3. The molecule has 1 aliphatic carbocycles. The normalized spacial score (nSPS) is 16.0. The van der Waals surface area contributed by atoms with E-state index in [1.165, 1.54) is 4.68 Å². The second kappa shape index (κ2) is 4.16. The Balaban J connectivity index is 2.08. The van der Waals surface area contributed by atoms with E-state index in [0.717, 1.165) is 24.8 Å². The number of nitrogens with zero attached hydrogens (tertiary/aromatic N) is 2. The van der Waals surface area contributed by atoms with E-state index in [1.54, 1.807) is 6.20 Å². The van der Waals surface area contributed by atoms with Crippen molar-refractivity contribution in [2.45, 2.75) is 45.3 Å². The molecule has 3 nitrogen and oxygen atoms in total. The van der Waals surface area contributed by atoms with Crippen molar-refractivity contribution in [3.8, 4) is 5.88 Å². The minimum atomic E-state index is -2.37. The van der Waals surface area contributed by atoms with Gasteiger partial charge in [0.15, 0.2) is 0 Å². The number of aryl methyl sites for hydroxylation is 1. The summed E-state index contributed by atoms with van der Waals surface area (Å²) in [4.78, 5) is 0. The average Bonchev–Trinajstić information content (AvgIpc) is 2.88. The van der Waals surface area contributed by atoms with Crippen molar-refractivity contribution in [1.82, 2.24) is 9.78 Å². The molecule has 0 aliphatic heterocycles. The Morgan fingerprint density at radius 1 is 1.60 bits per heavy atom. The molecule has 84 valence electrons. The van der Waals surface area contributed by atoms with Gasteiger partial charge in [-0.2, -0.15) is 0 Å². The average molecular weight is 216 g/mol. The van der Waals surface area contributed by atoms with Crippen LogP contribution < -0.4 is 4.74 Å². The summed E-state index contributed by atoms with van der Waals surface area (Å²) in [6.45, 7) is 1.60. The monoisotopic (exact) mass is 216 g/mol. The lowest BCUT2D eigenvalue weighted by Gasteiger charge is -2.01. The fourth-order valence-electron chi connectivity index (χ4n) is 1.37. The Kier molecular flexibility index (Phi) is 2.88. The molecule has 0 radical (unpaired) electrons. The Morgan fingerprint density at radius 2 is 2.33 bits per heavy atom. The molecule has 0 unspecified atom stereocenters. The van der Waals surface area contributed by atoms with Crippen molar-refractivity contribution >= 4 is 0 Å². The van der Waals surface area contributed by atoms with E-state index in [2.05, 4.69) is 5.10 Å². The summed E-state index contributed by atoms with van der Waals surface area (Å²) >= 11 is 0. The fraction of sp³-hybridized carbons (Fsp3) is 0.700. The van der Waals surface area contributed by atoms with Crippen molar-refractivity contribution in [3.63, 3.8) is 0 Å². The Morgan fingerprint density at radius 3 is 2.87 bits per heavy atom. The van der Waals surface area contributed by atoms with Crippen LogP contribution in [0.25, 0.3) is 0 Å². The summed E-state index contributed by atoms with van der Waals surface area (Å²) in [5.41, 5.74) is 0.905. The highest BCUT2D eigenvalue weighted by Crippen LogP contribution is 2.28. The molecule has 1 saturated carbocycles. The van der Waals surface area contributed by atoms with E-state index in [-0.39, 0.29) is 12.6 Å². The van der Waals surface area contributed by atoms with Gasteiger partial charge in [-0.3, -0.25) is 4.68 Å². The number of halogens is 2. The van der Waals surface area contributed by atoms with Gasteiger partial charge in [0.2, 0.25) is 5.88 Å². The van der Waals surface area contributed by atoms with Gasteiger partial charge in [-0.1, -0.05) is 6.92 Å². The number of hydrogen-bond donors (Lipinski definition) is 0. The van der Waals surface area contributed by atoms with E-state index >= 15 is 0 Å². The largest absolute Gasteiger partial charge is 0.473 e. The number of rotatable bonds is 5. The van der Waals surface area contributed by atoms with E-state index < -0.39 is 6.43 Å². The first-order chi connectivity index (χ1) is 7.19. The maximum absolute atomic E-state index is 12.1. The zero-order valence-corrected chi connectivity index (χ0v) is 8.62. The smallest absolute Gasteiger partial charge is 0.257 e. The molecular weight excluding hydrogens is 202 g/mol. The minimum absolute atomic E-state index is 0.255. The predicted octanol–water partition coefficient (Wildman–Crippen LogP) is 2.25. The second-order valence-corrected chi connectivity index (χ2v) is 3.74. The lowest BCUT2D eigenvalue weighted by atomic mass is 10.3. The number of hydrogen-bond acceptors (Lipinski definition) is 2. The Labute approximate surface area is 87.0 Å². The van der Waals surface area contributed by atoms with E-state index in [9.17, 15) is 8.78 Å². The highest BCUT2D eigenvalue weighted by Gasteiger charge is 2.26. The zero-order valence-electron chi connectivity index (χ0n) is 8.62. The van der Waals surface area contributed by atoms with Crippen LogP contribution in [0.3, 0.4) is 0 Å². The van der Waals surface area contributed by atoms with Crippen LogP contribution >= 0.6 is 0 Å². The fourth-order valence-corrected chi connectivity index (χ4v) is 1.37. The van der Waals surface area contributed by atoms with E-state index in [1.807, 2.05) is 6.92 Å². The van der Waals surface area contributed by atoms with Crippen molar-refractivity contribution in [1.29, 1.82) is 0 Å². The molecule has 2 rings (SSSR count). The van der Waals surface area contributed by atoms with Crippen molar-refractivity contribution in [3.05, 3.63) is 11.8 Å². The van der Waals surface area contributed by atoms with E-state index in [0.29, 0.717) is 5.88 Å². The molecule has 0 aromatic carbocycles.